The molecule has 1 N–H and O–H groups in total. The van der Waals surface area contributed by atoms with Crippen LogP contribution in [0.15, 0.2) is 6.07 Å². The first-order valence-electron chi connectivity index (χ1n) is 8.44. The molecule has 2 aliphatic carbocycles. The van der Waals surface area contributed by atoms with Crippen molar-refractivity contribution in [2.75, 3.05) is 0 Å². The van der Waals surface area contributed by atoms with Gasteiger partial charge in [0.05, 0.1) is 0 Å². The molecule has 20 heavy (non-hydrogen) atoms. The molecule has 2 saturated carbocycles. The van der Waals surface area contributed by atoms with Crippen molar-refractivity contribution in [1.82, 2.24) is 9.97 Å². The molecule has 2 nitrogen and oxygen atoms in total. The lowest BCUT2D eigenvalue weighted by molar-refractivity contribution is 0.440. The van der Waals surface area contributed by atoms with Crippen LogP contribution in [0.25, 0.3) is 0 Å². The zero-order chi connectivity index (χ0) is 13.8. The molecule has 1 heterocycles. The fraction of sp³-hybridized carbons (Fsp3) is 0.765. The monoisotopic (exact) mass is 290 g/mol. The lowest BCUT2D eigenvalue weighted by Crippen LogP contribution is -2.10. The highest BCUT2D eigenvalue weighted by atomic mass is 32.1. The average molecular weight is 290 g/mol. The summed E-state index contributed by atoms with van der Waals surface area (Å²) in [5.41, 5.74) is 1.36. The number of H-pyrrole nitrogens is 1. The molecule has 0 aliphatic heterocycles. The van der Waals surface area contributed by atoms with Crippen molar-refractivity contribution in [2.45, 2.75) is 82.5 Å². The minimum Gasteiger partial charge on any atom is -0.347 e. The Hall–Kier alpha value is -0.700. The lowest BCUT2D eigenvalue weighted by Gasteiger charge is -2.20. The van der Waals surface area contributed by atoms with E-state index >= 15 is 0 Å². The van der Waals surface area contributed by atoms with Crippen molar-refractivity contribution in [3.05, 3.63) is 22.2 Å². The molecule has 2 aliphatic rings. The molecule has 3 heteroatoms. The molecule has 3 rings (SSSR count). The van der Waals surface area contributed by atoms with Gasteiger partial charge in [0.15, 0.2) is 0 Å². The summed E-state index contributed by atoms with van der Waals surface area (Å²) >= 11 is 5.42. The Bertz CT molecular complexity index is 480. The molecule has 0 atom stereocenters. The fourth-order valence-electron chi connectivity index (χ4n) is 3.88. The van der Waals surface area contributed by atoms with Crippen LogP contribution in [0.5, 0.6) is 0 Å². The van der Waals surface area contributed by atoms with Crippen molar-refractivity contribution in [2.24, 2.45) is 0 Å². The Labute approximate surface area is 127 Å². The van der Waals surface area contributed by atoms with Gasteiger partial charge in [-0.3, -0.25) is 0 Å². The summed E-state index contributed by atoms with van der Waals surface area (Å²) in [5.74, 6) is 2.49. The zero-order valence-corrected chi connectivity index (χ0v) is 13.2. The van der Waals surface area contributed by atoms with Gasteiger partial charge in [-0.2, -0.15) is 0 Å². The van der Waals surface area contributed by atoms with Crippen LogP contribution in [-0.4, -0.2) is 9.97 Å². The summed E-state index contributed by atoms with van der Waals surface area (Å²) in [6.45, 7) is 0. The molecule has 0 amide bonds. The zero-order valence-electron chi connectivity index (χ0n) is 12.4. The second kappa shape index (κ2) is 6.84. The van der Waals surface area contributed by atoms with Gasteiger partial charge in [0.1, 0.15) is 10.5 Å². The quantitative estimate of drug-likeness (QED) is 0.716. The van der Waals surface area contributed by atoms with Gasteiger partial charge in [0.2, 0.25) is 0 Å². The molecule has 1 aromatic heterocycles. The molecule has 2 fully saturated rings. The third-order valence-corrected chi connectivity index (χ3v) is 5.28. The second-order valence-electron chi connectivity index (χ2n) is 6.58. The van der Waals surface area contributed by atoms with Crippen molar-refractivity contribution >= 4 is 12.2 Å². The van der Waals surface area contributed by atoms with Gasteiger partial charge in [-0.05, 0) is 37.7 Å². The van der Waals surface area contributed by atoms with Crippen LogP contribution >= 0.6 is 12.2 Å². The average Bonchev–Trinajstić information content (AvgIpc) is 2.91. The number of hydrogen-bond acceptors (Lipinski definition) is 2. The molecule has 0 unspecified atom stereocenters. The standard InChI is InChI=1S/C17H26N2S/c20-16-12-15(13-8-6-7-9-13)18-17(19-16)14-10-4-2-1-3-5-11-14/h12-14H,1-11H2,(H,18,19,20). The van der Waals surface area contributed by atoms with Crippen LogP contribution < -0.4 is 0 Å². The summed E-state index contributed by atoms with van der Waals surface area (Å²) in [4.78, 5) is 8.33. The maximum atomic E-state index is 5.42. The van der Waals surface area contributed by atoms with E-state index in [0.29, 0.717) is 11.8 Å². The molecule has 1 aromatic rings. The summed E-state index contributed by atoms with van der Waals surface area (Å²) in [5, 5.41) is 0. The van der Waals surface area contributed by atoms with E-state index in [0.717, 1.165) is 4.64 Å². The lowest BCUT2D eigenvalue weighted by atomic mass is 9.90. The molecule has 0 saturated heterocycles. The highest BCUT2D eigenvalue weighted by Crippen LogP contribution is 2.34. The Morgan fingerprint density at radius 1 is 0.850 bits per heavy atom. The summed E-state index contributed by atoms with van der Waals surface area (Å²) < 4.78 is 0.794. The third-order valence-electron chi connectivity index (χ3n) is 5.07. The first kappa shape index (κ1) is 14.2. The molecule has 0 bridgehead atoms. The minimum absolute atomic E-state index is 0.610. The number of nitrogens with zero attached hydrogens (tertiary/aromatic N) is 1. The van der Waals surface area contributed by atoms with E-state index < -0.39 is 0 Å². The number of nitrogens with one attached hydrogen (secondary N) is 1. The maximum Gasteiger partial charge on any atom is 0.130 e. The van der Waals surface area contributed by atoms with E-state index in [1.165, 1.54) is 82.1 Å². The van der Waals surface area contributed by atoms with Gasteiger partial charge >= 0.3 is 0 Å². The Kier molecular flexibility index (Phi) is 4.87. The fourth-order valence-corrected chi connectivity index (χ4v) is 4.10. The van der Waals surface area contributed by atoms with Crippen LogP contribution in [0.3, 0.4) is 0 Å². The Morgan fingerprint density at radius 3 is 2.10 bits per heavy atom. The van der Waals surface area contributed by atoms with E-state index in [-0.39, 0.29) is 0 Å². The molecule has 110 valence electrons. The van der Waals surface area contributed by atoms with Crippen molar-refractivity contribution in [3.63, 3.8) is 0 Å². The van der Waals surface area contributed by atoms with Gasteiger partial charge in [-0.25, -0.2) is 4.98 Å². The minimum atomic E-state index is 0.610. The van der Waals surface area contributed by atoms with Gasteiger partial charge in [0.25, 0.3) is 0 Å². The van der Waals surface area contributed by atoms with E-state index in [1.807, 2.05) is 0 Å². The van der Waals surface area contributed by atoms with Crippen LogP contribution in [0, 0.1) is 4.64 Å². The van der Waals surface area contributed by atoms with Crippen molar-refractivity contribution in [1.29, 1.82) is 0 Å². The topological polar surface area (TPSA) is 28.7 Å². The van der Waals surface area contributed by atoms with Gasteiger partial charge < -0.3 is 4.98 Å². The maximum absolute atomic E-state index is 5.42. The smallest absolute Gasteiger partial charge is 0.130 e. The van der Waals surface area contributed by atoms with Crippen molar-refractivity contribution in [3.8, 4) is 0 Å². The van der Waals surface area contributed by atoms with Crippen LogP contribution in [0.1, 0.15) is 94.0 Å². The van der Waals surface area contributed by atoms with Crippen molar-refractivity contribution < 1.29 is 0 Å². The molecule has 0 spiro atoms. The third kappa shape index (κ3) is 3.49. The van der Waals surface area contributed by atoms with E-state index in [1.54, 1.807) is 0 Å². The predicted octanol–water partition coefficient (Wildman–Crippen LogP) is 5.62. The number of aromatic nitrogens is 2. The normalized spacial score (nSPS) is 22.6. The van der Waals surface area contributed by atoms with Gasteiger partial charge in [-0.1, -0.05) is 57.2 Å². The van der Waals surface area contributed by atoms with Gasteiger partial charge in [0, 0.05) is 11.6 Å². The highest BCUT2D eigenvalue weighted by Gasteiger charge is 2.21. The van der Waals surface area contributed by atoms with Crippen LogP contribution in [0.2, 0.25) is 0 Å². The summed E-state index contributed by atoms with van der Waals surface area (Å²) in [7, 11) is 0. The first-order chi connectivity index (χ1) is 9.83. The predicted molar refractivity (Wildman–Crippen MR) is 85.7 cm³/mol. The SMILES string of the molecule is S=c1cc(C2CCCC2)[nH]c(C2CCCCCCC2)n1. The number of aromatic amines is 1. The summed E-state index contributed by atoms with van der Waals surface area (Å²) in [6, 6.07) is 2.11. The molecule has 0 radical (unpaired) electrons. The van der Waals surface area contributed by atoms with E-state index in [4.69, 9.17) is 12.2 Å². The summed E-state index contributed by atoms with van der Waals surface area (Å²) in [6.07, 6.45) is 14.8. The van der Waals surface area contributed by atoms with E-state index in [9.17, 15) is 0 Å². The Morgan fingerprint density at radius 2 is 1.40 bits per heavy atom. The molecular formula is C17H26N2S. The highest BCUT2D eigenvalue weighted by molar-refractivity contribution is 7.71. The molecular weight excluding hydrogens is 264 g/mol. The first-order valence-corrected chi connectivity index (χ1v) is 8.85. The van der Waals surface area contributed by atoms with Crippen LogP contribution in [-0.2, 0) is 0 Å². The number of hydrogen-bond donors (Lipinski definition) is 1. The Balaban J connectivity index is 1.82. The van der Waals surface area contributed by atoms with E-state index in [2.05, 4.69) is 16.0 Å². The molecule has 0 aromatic carbocycles. The largest absolute Gasteiger partial charge is 0.347 e. The van der Waals surface area contributed by atoms with Crippen LogP contribution in [0.4, 0.5) is 0 Å². The van der Waals surface area contributed by atoms with Gasteiger partial charge in [-0.15, -0.1) is 0 Å². The number of rotatable bonds is 2. The second-order valence-corrected chi connectivity index (χ2v) is 7.00.